The summed E-state index contributed by atoms with van der Waals surface area (Å²) in [6.07, 6.45) is 3.55. The first-order chi connectivity index (χ1) is 9.94. The van der Waals surface area contributed by atoms with Gasteiger partial charge in [-0.25, -0.2) is 0 Å². The second-order valence-corrected chi connectivity index (χ2v) is 6.87. The Labute approximate surface area is 134 Å². The van der Waals surface area contributed by atoms with Crippen molar-refractivity contribution in [2.75, 3.05) is 0 Å². The molecule has 0 aliphatic carbocycles. The van der Waals surface area contributed by atoms with Crippen LogP contribution in [0.2, 0.25) is 0 Å². The molecule has 0 amide bonds. The van der Waals surface area contributed by atoms with Crippen LogP contribution in [0.25, 0.3) is 0 Å². The molecule has 4 heteroatoms. The molecule has 0 saturated heterocycles. The minimum atomic E-state index is 0.114. The highest BCUT2D eigenvalue weighted by molar-refractivity contribution is 9.10. The molecule has 1 aromatic carbocycles. The van der Waals surface area contributed by atoms with E-state index in [9.17, 15) is 0 Å². The molecule has 1 N–H and O–H groups in total. The third kappa shape index (κ3) is 5.48. The van der Waals surface area contributed by atoms with Crippen molar-refractivity contribution in [2.45, 2.75) is 39.5 Å². The van der Waals surface area contributed by atoms with E-state index in [1.165, 1.54) is 5.56 Å². The van der Waals surface area contributed by atoms with Gasteiger partial charge in [-0.05, 0) is 72.1 Å². The number of aromatic nitrogens is 1. The summed E-state index contributed by atoms with van der Waals surface area (Å²) >= 11 is 3.58. The van der Waals surface area contributed by atoms with Gasteiger partial charge in [-0.1, -0.05) is 6.07 Å². The van der Waals surface area contributed by atoms with Gasteiger partial charge >= 0.3 is 0 Å². The summed E-state index contributed by atoms with van der Waals surface area (Å²) in [5, 5.41) is 3.47. The van der Waals surface area contributed by atoms with Gasteiger partial charge in [0.05, 0.1) is 4.47 Å². The lowest BCUT2D eigenvalue weighted by molar-refractivity contribution is 0.304. The number of pyridine rings is 1. The van der Waals surface area contributed by atoms with Crippen LogP contribution in [0.15, 0.2) is 47.2 Å². The van der Waals surface area contributed by atoms with Crippen LogP contribution in [0.4, 0.5) is 0 Å². The predicted octanol–water partition coefficient (Wildman–Crippen LogP) is 4.31. The van der Waals surface area contributed by atoms with Crippen LogP contribution in [0.5, 0.6) is 5.75 Å². The molecule has 1 aromatic heterocycles. The molecular formula is C17H21BrN2O. The van der Waals surface area contributed by atoms with E-state index in [0.29, 0.717) is 6.61 Å². The zero-order valence-electron chi connectivity index (χ0n) is 12.7. The Balaban J connectivity index is 1.96. The standard InChI is InChI=1S/C17H21BrN2O/c1-17(2,3)20-11-14-4-5-16(15(18)10-14)21-12-13-6-8-19-9-7-13/h4-10,20H,11-12H2,1-3H3. The largest absolute Gasteiger partial charge is 0.488 e. The molecule has 0 fully saturated rings. The fraction of sp³-hybridized carbons (Fsp3) is 0.353. The van der Waals surface area contributed by atoms with Crippen molar-refractivity contribution in [3.8, 4) is 5.75 Å². The molecule has 0 saturated carbocycles. The molecule has 3 nitrogen and oxygen atoms in total. The van der Waals surface area contributed by atoms with Crippen molar-refractivity contribution >= 4 is 15.9 Å². The van der Waals surface area contributed by atoms with Crippen LogP contribution < -0.4 is 10.1 Å². The molecule has 0 radical (unpaired) electrons. The second-order valence-electron chi connectivity index (χ2n) is 6.01. The summed E-state index contributed by atoms with van der Waals surface area (Å²) in [5.41, 5.74) is 2.45. The molecular weight excluding hydrogens is 328 g/mol. The Hall–Kier alpha value is -1.39. The fourth-order valence-electron chi connectivity index (χ4n) is 1.78. The number of hydrogen-bond donors (Lipinski definition) is 1. The molecule has 0 atom stereocenters. The molecule has 1 heterocycles. The van der Waals surface area contributed by atoms with E-state index in [1.54, 1.807) is 12.4 Å². The number of nitrogens with one attached hydrogen (secondary N) is 1. The smallest absolute Gasteiger partial charge is 0.134 e. The average Bonchev–Trinajstić information content (AvgIpc) is 2.44. The second kappa shape index (κ2) is 7.05. The summed E-state index contributed by atoms with van der Waals surface area (Å²) in [6, 6.07) is 10.1. The van der Waals surface area contributed by atoms with Crippen molar-refractivity contribution in [1.29, 1.82) is 0 Å². The average molecular weight is 349 g/mol. The molecule has 2 aromatic rings. The highest BCUT2D eigenvalue weighted by Crippen LogP contribution is 2.27. The zero-order valence-corrected chi connectivity index (χ0v) is 14.3. The van der Waals surface area contributed by atoms with Crippen molar-refractivity contribution < 1.29 is 4.74 Å². The zero-order chi connectivity index (χ0) is 15.3. The number of halogens is 1. The van der Waals surface area contributed by atoms with Gasteiger partial charge in [0.1, 0.15) is 12.4 Å². The van der Waals surface area contributed by atoms with E-state index in [2.05, 4.69) is 59.1 Å². The Kier molecular flexibility index (Phi) is 5.37. The highest BCUT2D eigenvalue weighted by atomic mass is 79.9. The minimum Gasteiger partial charge on any atom is -0.488 e. The van der Waals surface area contributed by atoms with E-state index in [0.717, 1.165) is 22.3 Å². The van der Waals surface area contributed by atoms with Gasteiger partial charge in [0.25, 0.3) is 0 Å². The first kappa shape index (κ1) is 16.0. The lowest BCUT2D eigenvalue weighted by atomic mass is 10.1. The first-order valence-corrected chi connectivity index (χ1v) is 7.78. The van der Waals surface area contributed by atoms with E-state index in [4.69, 9.17) is 4.74 Å². The quantitative estimate of drug-likeness (QED) is 0.873. The third-order valence-corrected chi connectivity index (χ3v) is 3.58. The van der Waals surface area contributed by atoms with Crippen LogP contribution in [0.3, 0.4) is 0 Å². The maximum Gasteiger partial charge on any atom is 0.134 e. The van der Waals surface area contributed by atoms with E-state index < -0.39 is 0 Å². The molecule has 2 rings (SSSR count). The van der Waals surface area contributed by atoms with Crippen LogP contribution in [0, 0.1) is 0 Å². The normalized spacial score (nSPS) is 11.4. The van der Waals surface area contributed by atoms with Crippen molar-refractivity contribution in [2.24, 2.45) is 0 Å². The van der Waals surface area contributed by atoms with Gasteiger partial charge in [0, 0.05) is 24.5 Å². The number of hydrogen-bond acceptors (Lipinski definition) is 3. The van der Waals surface area contributed by atoms with E-state index in [1.807, 2.05) is 18.2 Å². The minimum absolute atomic E-state index is 0.114. The molecule has 0 spiro atoms. The van der Waals surface area contributed by atoms with Gasteiger partial charge in [0.2, 0.25) is 0 Å². The van der Waals surface area contributed by atoms with Gasteiger partial charge < -0.3 is 10.1 Å². The van der Waals surface area contributed by atoms with Crippen LogP contribution in [0.1, 0.15) is 31.9 Å². The third-order valence-electron chi connectivity index (χ3n) is 2.96. The topological polar surface area (TPSA) is 34.1 Å². The van der Waals surface area contributed by atoms with Crippen molar-refractivity contribution in [3.63, 3.8) is 0 Å². The number of nitrogens with zero attached hydrogens (tertiary/aromatic N) is 1. The molecule has 0 bridgehead atoms. The summed E-state index contributed by atoms with van der Waals surface area (Å²) in [7, 11) is 0. The Bertz CT molecular complexity index is 579. The highest BCUT2D eigenvalue weighted by Gasteiger charge is 2.09. The maximum atomic E-state index is 5.83. The number of ether oxygens (including phenoxy) is 1. The van der Waals surface area contributed by atoms with E-state index >= 15 is 0 Å². The maximum absolute atomic E-state index is 5.83. The van der Waals surface area contributed by atoms with Crippen LogP contribution >= 0.6 is 15.9 Å². The summed E-state index contributed by atoms with van der Waals surface area (Å²) in [6.45, 7) is 7.87. The van der Waals surface area contributed by atoms with Crippen molar-refractivity contribution in [1.82, 2.24) is 10.3 Å². The molecule has 0 unspecified atom stereocenters. The Morgan fingerprint density at radius 1 is 1.10 bits per heavy atom. The number of benzene rings is 1. The summed E-state index contributed by atoms with van der Waals surface area (Å²) in [5.74, 6) is 0.853. The summed E-state index contributed by atoms with van der Waals surface area (Å²) < 4.78 is 6.80. The molecule has 21 heavy (non-hydrogen) atoms. The molecule has 112 valence electrons. The Morgan fingerprint density at radius 3 is 2.43 bits per heavy atom. The first-order valence-electron chi connectivity index (χ1n) is 6.99. The lowest BCUT2D eigenvalue weighted by Gasteiger charge is -2.20. The lowest BCUT2D eigenvalue weighted by Crippen LogP contribution is -2.35. The SMILES string of the molecule is CC(C)(C)NCc1ccc(OCc2ccncc2)c(Br)c1. The Morgan fingerprint density at radius 2 is 1.81 bits per heavy atom. The summed E-state index contributed by atoms with van der Waals surface area (Å²) in [4.78, 5) is 4.00. The van der Waals surface area contributed by atoms with E-state index in [-0.39, 0.29) is 5.54 Å². The monoisotopic (exact) mass is 348 g/mol. The number of rotatable bonds is 5. The van der Waals surface area contributed by atoms with Crippen molar-refractivity contribution in [3.05, 3.63) is 58.3 Å². The fourth-order valence-corrected chi connectivity index (χ4v) is 2.32. The van der Waals surface area contributed by atoms with Gasteiger partial charge in [-0.2, -0.15) is 0 Å². The van der Waals surface area contributed by atoms with Gasteiger partial charge in [-0.3, -0.25) is 4.98 Å². The van der Waals surface area contributed by atoms with Crippen LogP contribution in [-0.4, -0.2) is 10.5 Å². The van der Waals surface area contributed by atoms with Crippen LogP contribution in [-0.2, 0) is 13.2 Å². The van der Waals surface area contributed by atoms with Gasteiger partial charge in [0.15, 0.2) is 0 Å². The molecule has 0 aliphatic heterocycles. The predicted molar refractivity (Wildman–Crippen MR) is 89.3 cm³/mol. The van der Waals surface area contributed by atoms with Gasteiger partial charge in [-0.15, -0.1) is 0 Å². The molecule has 0 aliphatic rings.